The van der Waals surface area contributed by atoms with E-state index in [1.165, 1.54) is 16.7 Å². The first-order valence-corrected chi connectivity index (χ1v) is 11.6. The molecule has 0 radical (unpaired) electrons. The summed E-state index contributed by atoms with van der Waals surface area (Å²) in [6.45, 7) is 9.12. The van der Waals surface area contributed by atoms with Crippen molar-refractivity contribution in [2.24, 2.45) is 4.99 Å². The van der Waals surface area contributed by atoms with Crippen LogP contribution in [0, 0.1) is 6.92 Å². The maximum absolute atomic E-state index is 12.7. The average molecular weight is 437 g/mol. The summed E-state index contributed by atoms with van der Waals surface area (Å²) in [6, 6.07) is 14.6. The molecule has 0 fully saturated rings. The van der Waals surface area contributed by atoms with E-state index in [2.05, 4.69) is 48.7 Å². The van der Waals surface area contributed by atoms with Crippen molar-refractivity contribution in [2.45, 2.75) is 52.6 Å². The van der Waals surface area contributed by atoms with E-state index in [1.807, 2.05) is 30.0 Å². The molecule has 1 atom stereocenters. The number of methoxy groups -OCH3 is 1. The van der Waals surface area contributed by atoms with Crippen molar-refractivity contribution >= 4 is 11.9 Å². The number of carbonyl (C=O) groups is 1. The van der Waals surface area contributed by atoms with Crippen LogP contribution >= 0.6 is 0 Å². The molecule has 2 aromatic carbocycles. The van der Waals surface area contributed by atoms with Crippen molar-refractivity contribution in [2.75, 3.05) is 26.7 Å². The molecule has 32 heavy (non-hydrogen) atoms. The Labute approximate surface area is 192 Å². The first-order valence-electron chi connectivity index (χ1n) is 11.6. The lowest BCUT2D eigenvalue weighted by Gasteiger charge is -2.29. The molecule has 1 unspecified atom stereocenters. The van der Waals surface area contributed by atoms with Gasteiger partial charge in [-0.15, -0.1) is 0 Å². The highest BCUT2D eigenvalue weighted by molar-refractivity contribution is 5.80. The normalized spacial score (nSPS) is 14.5. The van der Waals surface area contributed by atoms with Gasteiger partial charge in [-0.2, -0.15) is 0 Å². The van der Waals surface area contributed by atoms with Crippen LogP contribution in [0.3, 0.4) is 0 Å². The third-order valence-corrected chi connectivity index (χ3v) is 5.85. The first kappa shape index (κ1) is 23.6. The molecule has 0 aromatic heterocycles. The zero-order chi connectivity index (χ0) is 22.9. The Bertz CT molecular complexity index is 941. The number of carbonyl (C=O) groups excluding carboxylic acids is 1. The minimum atomic E-state index is 0.0395. The van der Waals surface area contributed by atoms with E-state index in [1.54, 1.807) is 7.11 Å². The Kier molecular flexibility index (Phi) is 8.54. The van der Waals surface area contributed by atoms with E-state index >= 15 is 0 Å². The molecule has 1 aliphatic heterocycles. The number of nitrogens with one attached hydrogen (secondary N) is 2. The van der Waals surface area contributed by atoms with Gasteiger partial charge in [-0.05, 0) is 50.8 Å². The molecular formula is C26H36N4O2. The van der Waals surface area contributed by atoms with Crippen molar-refractivity contribution in [3.8, 4) is 5.75 Å². The van der Waals surface area contributed by atoms with Crippen LogP contribution in [0.2, 0.25) is 0 Å². The number of amides is 1. The molecular weight excluding hydrogens is 400 g/mol. The van der Waals surface area contributed by atoms with E-state index in [0.717, 1.165) is 49.7 Å². The Morgan fingerprint density at radius 1 is 1.22 bits per heavy atom. The number of hydrogen-bond donors (Lipinski definition) is 2. The van der Waals surface area contributed by atoms with Crippen molar-refractivity contribution in [3.63, 3.8) is 0 Å². The summed E-state index contributed by atoms with van der Waals surface area (Å²) in [4.78, 5) is 19.3. The molecule has 2 aromatic rings. The lowest BCUT2D eigenvalue weighted by molar-refractivity contribution is -0.132. The SMILES string of the molecule is CCNC(=NCCCC(=O)N1CCc2ccccc2C1)NC(C)c1cc(C)ccc1OC. The largest absolute Gasteiger partial charge is 0.496 e. The fourth-order valence-corrected chi connectivity index (χ4v) is 4.08. The van der Waals surface area contributed by atoms with Crippen LogP contribution in [0.1, 0.15) is 55.0 Å². The molecule has 6 nitrogen and oxygen atoms in total. The van der Waals surface area contributed by atoms with Gasteiger partial charge < -0.3 is 20.3 Å². The van der Waals surface area contributed by atoms with Crippen LogP contribution in [-0.4, -0.2) is 43.5 Å². The highest BCUT2D eigenvalue weighted by Crippen LogP contribution is 2.26. The molecule has 0 spiro atoms. The van der Waals surface area contributed by atoms with Crippen LogP contribution in [0.15, 0.2) is 47.5 Å². The molecule has 1 heterocycles. The van der Waals surface area contributed by atoms with Gasteiger partial charge in [-0.25, -0.2) is 0 Å². The minimum absolute atomic E-state index is 0.0395. The Morgan fingerprint density at radius 3 is 2.75 bits per heavy atom. The third kappa shape index (κ3) is 6.25. The predicted molar refractivity (Wildman–Crippen MR) is 130 cm³/mol. The van der Waals surface area contributed by atoms with E-state index in [-0.39, 0.29) is 11.9 Å². The predicted octanol–water partition coefficient (Wildman–Crippen LogP) is 3.98. The minimum Gasteiger partial charge on any atom is -0.496 e. The van der Waals surface area contributed by atoms with Crippen LogP contribution in [0.4, 0.5) is 0 Å². The second-order valence-corrected chi connectivity index (χ2v) is 8.31. The van der Waals surface area contributed by atoms with Gasteiger partial charge >= 0.3 is 0 Å². The van der Waals surface area contributed by atoms with E-state index < -0.39 is 0 Å². The fraction of sp³-hybridized carbons (Fsp3) is 0.462. The van der Waals surface area contributed by atoms with E-state index in [0.29, 0.717) is 13.0 Å². The van der Waals surface area contributed by atoms with Gasteiger partial charge in [0.05, 0.1) is 13.2 Å². The van der Waals surface area contributed by atoms with Gasteiger partial charge in [0.1, 0.15) is 5.75 Å². The number of rotatable bonds is 8. The molecule has 0 bridgehead atoms. The van der Waals surface area contributed by atoms with Crippen LogP contribution in [-0.2, 0) is 17.8 Å². The molecule has 6 heteroatoms. The second kappa shape index (κ2) is 11.6. The highest BCUT2D eigenvalue weighted by Gasteiger charge is 2.20. The summed E-state index contributed by atoms with van der Waals surface area (Å²) in [7, 11) is 1.69. The number of benzene rings is 2. The molecule has 0 aliphatic carbocycles. The standard InChI is InChI=1S/C26H36N4O2/c1-5-27-26(29-20(3)23-17-19(2)12-13-24(23)32-4)28-15-8-11-25(31)30-16-14-21-9-6-7-10-22(21)18-30/h6-7,9-10,12-13,17,20H,5,8,11,14-16,18H2,1-4H3,(H2,27,28,29). The molecule has 172 valence electrons. The topological polar surface area (TPSA) is 66.0 Å². The van der Waals surface area contributed by atoms with Crippen molar-refractivity contribution < 1.29 is 9.53 Å². The summed E-state index contributed by atoms with van der Waals surface area (Å²) >= 11 is 0. The van der Waals surface area contributed by atoms with Crippen LogP contribution < -0.4 is 15.4 Å². The fourth-order valence-electron chi connectivity index (χ4n) is 4.08. The Balaban J connectivity index is 1.52. The summed E-state index contributed by atoms with van der Waals surface area (Å²) in [5.41, 5.74) is 4.92. The van der Waals surface area contributed by atoms with E-state index in [9.17, 15) is 4.79 Å². The number of nitrogens with zero attached hydrogens (tertiary/aromatic N) is 2. The number of guanidine groups is 1. The number of aryl methyl sites for hydroxylation is 1. The molecule has 1 amide bonds. The highest BCUT2D eigenvalue weighted by atomic mass is 16.5. The van der Waals surface area contributed by atoms with Gasteiger partial charge in [0.2, 0.25) is 5.91 Å². The van der Waals surface area contributed by atoms with Gasteiger partial charge in [-0.3, -0.25) is 9.79 Å². The van der Waals surface area contributed by atoms with Crippen molar-refractivity contribution in [3.05, 3.63) is 64.7 Å². The van der Waals surface area contributed by atoms with Crippen LogP contribution in [0.25, 0.3) is 0 Å². The summed E-state index contributed by atoms with van der Waals surface area (Å²) < 4.78 is 5.53. The summed E-state index contributed by atoms with van der Waals surface area (Å²) in [5.74, 6) is 1.83. The summed E-state index contributed by atoms with van der Waals surface area (Å²) in [5, 5.41) is 6.76. The zero-order valence-electron chi connectivity index (χ0n) is 19.8. The monoisotopic (exact) mass is 436 g/mol. The molecule has 3 rings (SSSR count). The molecule has 0 saturated heterocycles. The molecule has 0 saturated carbocycles. The number of hydrogen-bond acceptors (Lipinski definition) is 3. The van der Waals surface area contributed by atoms with Crippen LogP contribution in [0.5, 0.6) is 5.75 Å². The molecule has 1 aliphatic rings. The average Bonchev–Trinajstić information content (AvgIpc) is 2.81. The van der Waals surface area contributed by atoms with Crippen molar-refractivity contribution in [1.29, 1.82) is 0 Å². The Morgan fingerprint density at radius 2 is 2.00 bits per heavy atom. The smallest absolute Gasteiger partial charge is 0.222 e. The quantitative estimate of drug-likeness (QED) is 0.373. The number of aliphatic imine (C=N–C) groups is 1. The molecule has 2 N–H and O–H groups in total. The van der Waals surface area contributed by atoms with Gasteiger partial charge in [0.25, 0.3) is 0 Å². The lowest BCUT2D eigenvalue weighted by Crippen LogP contribution is -2.39. The van der Waals surface area contributed by atoms with Gasteiger partial charge in [0, 0.05) is 38.2 Å². The maximum Gasteiger partial charge on any atom is 0.222 e. The first-order chi connectivity index (χ1) is 15.5. The zero-order valence-corrected chi connectivity index (χ0v) is 19.8. The van der Waals surface area contributed by atoms with Crippen molar-refractivity contribution in [1.82, 2.24) is 15.5 Å². The number of fused-ring (bicyclic) bond motifs is 1. The third-order valence-electron chi connectivity index (χ3n) is 5.85. The Hall–Kier alpha value is -3.02. The maximum atomic E-state index is 12.7. The second-order valence-electron chi connectivity index (χ2n) is 8.31. The van der Waals surface area contributed by atoms with Gasteiger partial charge in [-0.1, -0.05) is 42.0 Å². The lowest BCUT2D eigenvalue weighted by atomic mass is 9.99. The number of ether oxygens (including phenoxy) is 1. The summed E-state index contributed by atoms with van der Waals surface area (Å²) in [6.07, 6.45) is 2.19. The van der Waals surface area contributed by atoms with E-state index in [4.69, 9.17) is 9.73 Å². The van der Waals surface area contributed by atoms with Gasteiger partial charge in [0.15, 0.2) is 5.96 Å².